The number of hydrogen-bond donors (Lipinski definition) is 3. The van der Waals surface area contributed by atoms with E-state index in [2.05, 4.69) is 137 Å². The van der Waals surface area contributed by atoms with Crippen LogP contribution in [0.5, 0.6) is 0 Å². The van der Waals surface area contributed by atoms with E-state index < -0.39 is 97.5 Å². The SMILES string of the molecule is CC/C=C\C/C=C\C/C=C\C/C=C\C/C=C\CCCC(=O)OC(COC(=O)CCCCCCCC/C=C\C/C=C\C/C=C\C/C=C\CC)COP(=O)(O)OCC(O)COP(=O)(O)OCC(COC(=O)CCCCCCC/C=C\CCCCCCCC)OC(=O)CCCCCCCCCCCCCCC. The zero-order valence-corrected chi connectivity index (χ0v) is 67.2. The Kier molecular flexibility index (Phi) is 73.3. The molecule has 5 atom stereocenters. The number of aliphatic hydroxyl groups excluding tert-OH is 1. The Hall–Kier alpha value is -4.54. The molecule has 0 aliphatic rings. The molecule has 0 aromatic heterocycles. The largest absolute Gasteiger partial charge is 0.472 e. The molecule has 0 aliphatic heterocycles. The van der Waals surface area contributed by atoms with E-state index in [-0.39, 0.29) is 25.7 Å². The second-order valence-corrected chi connectivity index (χ2v) is 29.9. The van der Waals surface area contributed by atoms with Gasteiger partial charge in [0.2, 0.25) is 0 Å². The molecule has 17 nitrogen and oxygen atoms in total. The average Bonchev–Trinajstić information content (AvgIpc) is 0.917. The summed E-state index contributed by atoms with van der Waals surface area (Å²) in [4.78, 5) is 73.0. The van der Waals surface area contributed by atoms with Crippen molar-refractivity contribution < 1.29 is 80.2 Å². The summed E-state index contributed by atoms with van der Waals surface area (Å²) in [5.74, 6) is -2.25. The van der Waals surface area contributed by atoms with Crippen molar-refractivity contribution in [3.63, 3.8) is 0 Å². The van der Waals surface area contributed by atoms with Gasteiger partial charge in [-0.2, -0.15) is 0 Å². The standard InChI is InChI=1S/C85H146O17P2/c1-5-9-13-17-21-25-29-33-36-38-39-41-43-47-50-54-58-62-66-70-83(88)96-76-81(102-85(90)72-68-64-60-56-52-48-44-40-37-34-30-26-22-18-14-10-6-2)78-100-104(93,94)98-74-79(86)73-97-103(91,92)99-77-80(101-84(89)71-67-63-59-55-51-45-32-28-24-20-16-12-8-4)75-95-82(87)69-65-61-57-53-49-46-42-35-31-27-23-19-15-11-7-3/h9-10,13-14,21-22,25-26,33-37,39,41-42,44,48,56,60,79-81,86H,5-8,11-12,15-20,23-24,27-32,38,40,43,45-47,49-55,57-59,61-78H2,1-4H3,(H,91,92)(H,93,94)/b13-9-,14-10-,25-21-,26-22-,36-33-,37-34-,41-39-,42-35-,48-44-,60-56-. The van der Waals surface area contributed by atoms with E-state index >= 15 is 0 Å². The lowest BCUT2D eigenvalue weighted by molar-refractivity contribution is -0.161. The van der Waals surface area contributed by atoms with Crippen LogP contribution in [0, 0.1) is 0 Å². The Labute approximate surface area is 632 Å². The fourth-order valence-electron chi connectivity index (χ4n) is 10.8. The van der Waals surface area contributed by atoms with Gasteiger partial charge in [0.1, 0.15) is 19.3 Å². The minimum absolute atomic E-state index is 0.0111. The van der Waals surface area contributed by atoms with Crippen LogP contribution in [0.15, 0.2) is 122 Å². The van der Waals surface area contributed by atoms with E-state index in [9.17, 15) is 43.2 Å². The van der Waals surface area contributed by atoms with Crippen molar-refractivity contribution in [3.05, 3.63) is 122 Å². The van der Waals surface area contributed by atoms with Crippen molar-refractivity contribution in [2.24, 2.45) is 0 Å². The summed E-state index contributed by atoms with van der Waals surface area (Å²) < 4.78 is 68.6. The Bertz CT molecular complexity index is 2440. The second kappa shape index (κ2) is 76.6. The van der Waals surface area contributed by atoms with Crippen LogP contribution < -0.4 is 0 Å². The van der Waals surface area contributed by atoms with Gasteiger partial charge in [-0.3, -0.25) is 37.3 Å². The van der Waals surface area contributed by atoms with Crippen LogP contribution >= 0.6 is 15.6 Å². The van der Waals surface area contributed by atoms with Crippen molar-refractivity contribution in [1.29, 1.82) is 0 Å². The minimum Gasteiger partial charge on any atom is -0.462 e. The molecule has 0 saturated heterocycles. The molecule has 0 fully saturated rings. The van der Waals surface area contributed by atoms with Gasteiger partial charge in [-0.1, -0.05) is 303 Å². The van der Waals surface area contributed by atoms with Crippen LogP contribution in [0.1, 0.15) is 336 Å². The molecule has 104 heavy (non-hydrogen) atoms. The quantitative estimate of drug-likeness (QED) is 0.0169. The van der Waals surface area contributed by atoms with E-state index in [1.165, 1.54) is 89.9 Å². The first-order chi connectivity index (χ1) is 50.7. The van der Waals surface area contributed by atoms with Gasteiger partial charge >= 0.3 is 39.5 Å². The molecule has 0 heterocycles. The van der Waals surface area contributed by atoms with Crippen molar-refractivity contribution in [2.45, 2.75) is 354 Å². The topological polar surface area (TPSA) is 237 Å². The number of phosphoric acid groups is 2. The summed E-state index contributed by atoms with van der Waals surface area (Å²) >= 11 is 0. The van der Waals surface area contributed by atoms with Crippen molar-refractivity contribution >= 4 is 39.5 Å². The zero-order valence-electron chi connectivity index (χ0n) is 65.4. The first-order valence-corrected chi connectivity index (χ1v) is 43.8. The zero-order chi connectivity index (χ0) is 76.0. The molecule has 0 bridgehead atoms. The maximum atomic E-state index is 13.1. The fraction of sp³-hybridized carbons (Fsp3) is 0.718. The van der Waals surface area contributed by atoms with Gasteiger partial charge in [0, 0.05) is 25.7 Å². The summed E-state index contributed by atoms with van der Waals surface area (Å²) in [5, 5.41) is 10.6. The van der Waals surface area contributed by atoms with Crippen LogP contribution in [0.25, 0.3) is 0 Å². The number of carbonyl (C=O) groups excluding carboxylic acids is 4. The van der Waals surface area contributed by atoms with Crippen molar-refractivity contribution in [1.82, 2.24) is 0 Å². The highest BCUT2D eigenvalue weighted by atomic mass is 31.2. The van der Waals surface area contributed by atoms with Crippen LogP contribution in [0.2, 0.25) is 0 Å². The molecule has 0 aliphatic carbocycles. The number of allylic oxidation sites excluding steroid dienone is 20. The molecule has 0 spiro atoms. The smallest absolute Gasteiger partial charge is 0.462 e. The summed E-state index contributed by atoms with van der Waals surface area (Å²) in [6.07, 6.45) is 84.6. The molecular weight excluding hydrogens is 1350 g/mol. The second-order valence-electron chi connectivity index (χ2n) is 27.0. The van der Waals surface area contributed by atoms with Crippen LogP contribution in [-0.2, 0) is 65.4 Å². The number of carbonyl (C=O) groups is 4. The van der Waals surface area contributed by atoms with E-state index in [4.69, 9.17) is 37.0 Å². The van der Waals surface area contributed by atoms with E-state index in [0.29, 0.717) is 32.1 Å². The van der Waals surface area contributed by atoms with Gasteiger partial charge in [-0.15, -0.1) is 0 Å². The van der Waals surface area contributed by atoms with Gasteiger partial charge < -0.3 is 33.8 Å². The molecule has 19 heteroatoms. The Morgan fingerprint density at radius 1 is 0.279 bits per heavy atom. The molecule has 3 N–H and O–H groups in total. The molecule has 0 rings (SSSR count). The third-order valence-electron chi connectivity index (χ3n) is 16.9. The number of aliphatic hydroxyl groups is 1. The van der Waals surface area contributed by atoms with Gasteiger partial charge in [-0.25, -0.2) is 9.13 Å². The normalized spacial score (nSPS) is 14.5. The maximum Gasteiger partial charge on any atom is 0.472 e. The highest BCUT2D eigenvalue weighted by Gasteiger charge is 2.30. The molecule has 0 aromatic carbocycles. The predicted molar refractivity (Wildman–Crippen MR) is 427 cm³/mol. The molecule has 0 radical (unpaired) electrons. The monoisotopic (exact) mass is 1500 g/mol. The molecular formula is C85H146O17P2. The van der Waals surface area contributed by atoms with E-state index in [1.807, 2.05) is 12.2 Å². The molecule has 0 amide bonds. The average molecular weight is 1500 g/mol. The van der Waals surface area contributed by atoms with Crippen LogP contribution in [0.4, 0.5) is 0 Å². The summed E-state index contributed by atoms with van der Waals surface area (Å²) in [5.41, 5.74) is 0. The maximum absolute atomic E-state index is 13.1. The van der Waals surface area contributed by atoms with Crippen molar-refractivity contribution in [3.8, 4) is 0 Å². The summed E-state index contributed by atoms with van der Waals surface area (Å²) in [6.45, 7) is 4.59. The number of esters is 4. The van der Waals surface area contributed by atoms with Gasteiger partial charge in [0.05, 0.1) is 26.4 Å². The molecule has 0 aromatic rings. The third-order valence-corrected chi connectivity index (χ3v) is 18.8. The molecule has 5 unspecified atom stereocenters. The van der Waals surface area contributed by atoms with Gasteiger partial charge in [0.25, 0.3) is 0 Å². The minimum atomic E-state index is -5.00. The molecule has 598 valence electrons. The third kappa shape index (κ3) is 75.7. The summed E-state index contributed by atoms with van der Waals surface area (Å²) in [6, 6.07) is 0. The molecule has 0 saturated carbocycles. The van der Waals surface area contributed by atoms with Crippen LogP contribution in [0.3, 0.4) is 0 Å². The Balaban J connectivity index is 5.41. The highest BCUT2D eigenvalue weighted by molar-refractivity contribution is 7.47. The predicted octanol–water partition coefficient (Wildman–Crippen LogP) is 23.9. The van der Waals surface area contributed by atoms with Crippen molar-refractivity contribution in [2.75, 3.05) is 39.6 Å². The first-order valence-electron chi connectivity index (χ1n) is 40.8. The number of unbranched alkanes of at least 4 members (excludes halogenated alkanes) is 30. The number of hydrogen-bond acceptors (Lipinski definition) is 15. The van der Waals surface area contributed by atoms with E-state index in [0.717, 1.165) is 161 Å². The summed E-state index contributed by atoms with van der Waals surface area (Å²) in [7, 11) is -9.98. The lowest BCUT2D eigenvalue weighted by Crippen LogP contribution is -2.30. The highest BCUT2D eigenvalue weighted by Crippen LogP contribution is 2.45. The lowest BCUT2D eigenvalue weighted by atomic mass is 10.0. The van der Waals surface area contributed by atoms with Gasteiger partial charge in [-0.05, 0) is 128 Å². The van der Waals surface area contributed by atoms with E-state index in [1.54, 1.807) is 0 Å². The van der Waals surface area contributed by atoms with Gasteiger partial charge in [0.15, 0.2) is 12.2 Å². The Morgan fingerprint density at radius 3 is 0.817 bits per heavy atom. The Morgan fingerprint density at radius 2 is 0.510 bits per heavy atom. The first kappa shape index (κ1) is 99.5. The lowest BCUT2D eigenvalue weighted by Gasteiger charge is -2.21. The number of rotatable bonds is 76. The van der Waals surface area contributed by atoms with Crippen LogP contribution in [-0.4, -0.2) is 96.7 Å². The number of ether oxygens (including phenoxy) is 4. The fourth-order valence-corrected chi connectivity index (χ4v) is 12.4. The number of phosphoric ester groups is 2.